The molecule has 0 N–H and O–H groups in total. The number of nitriles is 1. The van der Waals surface area contributed by atoms with E-state index in [0.29, 0.717) is 60.2 Å². The zero-order chi connectivity index (χ0) is 29.7. The van der Waals surface area contributed by atoms with E-state index in [9.17, 15) is 9.59 Å². The van der Waals surface area contributed by atoms with Crippen molar-refractivity contribution in [2.75, 3.05) is 34.0 Å². The Morgan fingerprint density at radius 1 is 1.15 bits per heavy atom. The summed E-state index contributed by atoms with van der Waals surface area (Å²) < 4.78 is 30.3. The molecule has 3 aromatic rings. The van der Waals surface area contributed by atoms with Gasteiger partial charge in [-0.3, -0.25) is 9.36 Å². The lowest BCUT2D eigenvalue weighted by atomic mass is 9.94. The monoisotopic (exact) mass is 641 g/mol. The first-order valence-corrected chi connectivity index (χ1v) is 14.3. The summed E-state index contributed by atoms with van der Waals surface area (Å²) >= 11 is 4.66. The van der Waals surface area contributed by atoms with Crippen LogP contribution in [0.5, 0.6) is 23.0 Å². The molecule has 0 saturated heterocycles. The Labute approximate surface area is 248 Å². The lowest BCUT2D eigenvalue weighted by molar-refractivity contribution is -0.139. The molecule has 1 aliphatic heterocycles. The first-order chi connectivity index (χ1) is 19.8. The van der Waals surface area contributed by atoms with E-state index in [2.05, 4.69) is 20.9 Å². The molecular weight excluding hydrogens is 614 g/mol. The molecule has 4 rings (SSSR count). The molecule has 0 saturated carbocycles. The van der Waals surface area contributed by atoms with Crippen LogP contribution >= 0.6 is 27.3 Å². The first-order valence-electron chi connectivity index (χ1n) is 12.7. The van der Waals surface area contributed by atoms with Crippen LogP contribution in [0.1, 0.15) is 37.9 Å². The number of hydrogen-bond donors (Lipinski definition) is 0. The molecule has 12 heteroatoms. The highest BCUT2D eigenvalue weighted by Crippen LogP contribution is 2.41. The first kappa shape index (κ1) is 29.9. The van der Waals surface area contributed by atoms with Gasteiger partial charge in [-0.2, -0.15) is 5.26 Å². The summed E-state index contributed by atoms with van der Waals surface area (Å²) in [6, 6.07) is 9.87. The topological polar surface area (TPSA) is 121 Å². The van der Waals surface area contributed by atoms with E-state index in [-0.39, 0.29) is 24.3 Å². The second-order valence-corrected chi connectivity index (χ2v) is 10.5. The fourth-order valence-electron chi connectivity index (χ4n) is 4.51. The van der Waals surface area contributed by atoms with Crippen molar-refractivity contribution in [3.8, 4) is 29.1 Å². The van der Waals surface area contributed by atoms with Gasteiger partial charge in [-0.05, 0) is 66.5 Å². The van der Waals surface area contributed by atoms with Crippen molar-refractivity contribution >= 4 is 39.3 Å². The molecule has 0 aliphatic carbocycles. The lowest BCUT2D eigenvalue weighted by Crippen LogP contribution is -2.40. The maximum Gasteiger partial charge on any atom is 0.338 e. The number of rotatable bonds is 10. The number of nitrogens with zero attached hydrogens (tertiary/aromatic N) is 3. The molecule has 0 radical (unpaired) electrons. The summed E-state index contributed by atoms with van der Waals surface area (Å²) in [6.45, 7) is 5.64. The molecule has 0 unspecified atom stereocenters. The van der Waals surface area contributed by atoms with Crippen LogP contribution < -0.4 is 33.8 Å². The highest BCUT2D eigenvalue weighted by atomic mass is 79.9. The summed E-state index contributed by atoms with van der Waals surface area (Å²) in [5, 5.41) is 8.89. The molecule has 0 bridgehead atoms. The standard InChI is InChI=1S/C29H28BrN3O7S/c1-6-38-25-18(9-8-10-20(25)36-4)24-23(28(35)39-7-2)16(3)32-29-33(24)27(34)22(41-29)15-17-13-19(30)26(40-12-11-31)21(14-17)37-5/h8-10,13-15,24H,6-7,12H2,1-5H3/b22-15+/t24-/m0/s1. The number of halogens is 1. The van der Waals surface area contributed by atoms with E-state index < -0.39 is 12.0 Å². The molecule has 1 aromatic heterocycles. The maximum absolute atomic E-state index is 14.0. The van der Waals surface area contributed by atoms with Gasteiger partial charge >= 0.3 is 5.97 Å². The summed E-state index contributed by atoms with van der Waals surface area (Å²) in [4.78, 5) is 32.4. The van der Waals surface area contributed by atoms with Crippen molar-refractivity contribution in [3.63, 3.8) is 0 Å². The number of methoxy groups -OCH3 is 2. The Morgan fingerprint density at radius 2 is 1.90 bits per heavy atom. The number of fused-ring (bicyclic) bond motifs is 1. The fourth-order valence-corrected chi connectivity index (χ4v) is 6.13. The van der Waals surface area contributed by atoms with Gasteiger partial charge in [-0.15, -0.1) is 0 Å². The second-order valence-electron chi connectivity index (χ2n) is 8.59. The minimum Gasteiger partial charge on any atom is -0.493 e. The van der Waals surface area contributed by atoms with Crippen molar-refractivity contribution in [3.05, 3.63) is 76.9 Å². The Balaban J connectivity index is 1.97. The van der Waals surface area contributed by atoms with Gasteiger partial charge in [-0.25, -0.2) is 9.79 Å². The number of esters is 1. The SMILES string of the molecule is CCOC(=O)C1=C(C)N=c2s/c(=C/c3cc(Br)c(OCC#N)c(OC)c3)c(=O)n2[C@H]1c1cccc(OC)c1OCC. The lowest BCUT2D eigenvalue weighted by Gasteiger charge is -2.26. The van der Waals surface area contributed by atoms with Crippen LogP contribution in [0.2, 0.25) is 0 Å². The van der Waals surface area contributed by atoms with Gasteiger partial charge in [0.05, 0.1) is 47.7 Å². The molecule has 2 aromatic carbocycles. The van der Waals surface area contributed by atoms with Crippen molar-refractivity contribution < 1.29 is 28.5 Å². The third-order valence-corrected chi connectivity index (χ3v) is 7.73. The van der Waals surface area contributed by atoms with Crippen LogP contribution in [-0.4, -0.2) is 44.6 Å². The molecule has 0 fully saturated rings. The molecule has 2 heterocycles. The third-order valence-electron chi connectivity index (χ3n) is 6.16. The van der Waals surface area contributed by atoms with Crippen molar-refractivity contribution in [2.24, 2.45) is 4.99 Å². The summed E-state index contributed by atoms with van der Waals surface area (Å²) in [7, 11) is 3.02. The molecule has 214 valence electrons. The Morgan fingerprint density at radius 3 is 2.56 bits per heavy atom. The van der Waals surface area contributed by atoms with Gasteiger partial charge in [0, 0.05) is 5.56 Å². The molecule has 0 amide bonds. The zero-order valence-electron chi connectivity index (χ0n) is 23.1. The maximum atomic E-state index is 14.0. The number of para-hydroxylation sites is 1. The van der Waals surface area contributed by atoms with Crippen LogP contribution in [0.25, 0.3) is 6.08 Å². The number of carbonyl (C=O) groups excluding carboxylic acids is 1. The zero-order valence-corrected chi connectivity index (χ0v) is 25.6. The highest BCUT2D eigenvalue weighted by molar-refractivity contribution is 9.10. The van der Waals surface area contributed by atoms with Crippen LogP contribution in [0, 0.1) is 11.3 Å². The van der Waals surface area contributed by atoms with Gasteiger partial charge in [0.25, 0.3) is 5.56 Å². The molecule has 41 heavy (non-hydrogen) atoms. The quantitative estimate of drug-likeness (QED) is 0.306. The van der Waals surface area contributed by atoms with Gasteiger partial charge < -0.3 is 23.7 Å². The van der Waals surface area contributed by atoms with Crippen molar-refractivity contribution in [1.29, 1.82) is 5.26 Å². The van der Waals surface area contributed by atoms with Crippen LogP contribution in [0.3, 0.4) is 0 Å². The van der Waals surface area contributed by atoms with E-state index in [1.807, 2.05) is 13.0 Å². The number of thiazole rings is 1. The van der Waals surface area contributed by atoms with Crippen molar-refractivity contribution in [1.82, 2.24) is 4.57 Å². The molecule has 10 nitrogen and oxygen atoms in total. The minimum absolute atomic E-state index is 0.150. The predicted octanol–water partition coefficient (Wildman–Crippen LogP) is 3.88. The minimum atomic E-state index is -0.868. The second kappa shape index (κ2) is 13.1. The number of hydrogen-bond acceptors (Lipinski definition) is 10. The number of allylic oxidation sites excluding steroid dienone is 1. The van der Waals surface area contributed by atoms with E-state index in [4.69, 9.17) is 28.9 Å². The van der Waals surface area contributed by atoms with E-state index >= 15 is 0 Å². The van der Waals surface area contributed by atoms with Gasteiger partial charge in [0.1, 0.15) is 12.1 Å². The molecule has 0 spiro atoms. The van der Waals surface area contributed by atoms with E-state index in [1.165, 1.54) is 30.1 Å². The Hall–Kier alpha value is -4.08. The molecule has 1 atom stereocenters. The van der Waals surface area contributed by atoms with E-state index in [1.54, 1.807) is 50.3 Å². The normalized spacial score (nSPS) is 14.6. The van der Waals surface area contributed by atoms with Gasteiger partial charge in [0.15, 0.2) is 34.4 Å². The van der Waals surface area contributed by atoms with Crippen LogP contribution in [0.4, 0.5) is 0 Å². The van der Waals surface area contributed by atoms with Crippen LogP contribution in [-0.2, 0) is 9.53 Å². The fraction of sp³-hybridized carbons (Fsp3) is 0.310. The average molecular weight is 643 g/mol. The summed E-state index contributed by atoms with van der Waals surface area (Å²) in [6.07, 6.45) is 1.71. The van der Waals surface area contributed by atoms with E-state index in [0.717, 1.165) is 0 Å². The Kier molecular flexibility index (Phi) is 9.52. The van der Waals surface area contributed by atoms with Gasteiger partial charge in [0.2, 0.25) is 0 Å². The average Bonchev–Trinajstić information content (AvgIpc) is 3.25. The summed E-state index contributed by atoms with van der Waals surface area (Å²) in [5.74, 6) is 1.10. The number of aromatic nitrogens is 1. The largest absolute Gasteiger partial charge is 0.493 e. The smallest absolute Gasteiger partial charge is 0.338 e. The molecular formula is C29H28BrN3O7S. The highest BCUT2D eigenvalue weighted by Gasteiger charge is 2.36. The number of carbonyl (C=O) groups is 1. The molecule has 1 aliphatic rings. The van der Waals surface area contributed by atoms with Gasteiger partial charge in [-0.1, -0.05) is 23.5 Å². The van der Waals surface area contributed by atoms with Crippen molar-refractivity contribution in [2.45, 2.75) is 26.8 Å². The predicted molar refractivity (Wildman–Crippen MR) is 156 cm³/mol. The van der Waals surface area contributed by atoms with Crippen LogP contribution in [0.15, 0.2) is 55.9 Å². The summed E-state index contributed by atoms with van der Waals surface area (Å²) in [5.41, 5.74) is 1.55. The number of ether oxygens (including phenoxy) is 5. The number of benzene rings is 2. The Bertz CT molecular complexity index is 1740. The third kappa shape index (κ3) is 5.87.